The fourth-order valence-corrected chi connectivity index (χ4v) is 2.43. The third-order valence-corrected chi connectivity index (χ3v) is 3.53. The van der Waals surface area contributed by atoms with Crippen LogP contribution in [-0.2, 0) is 4.79 Å². The third-order valence-electron chi connectivity index (χ3n) is 3.53. The molecule has 1 aromatic rings. The smallest absolute Gasteiger partial charge is 0.139 e. The Morgan fingerprint density at radius 2 is 1.76 bits per heavy atom. The second-order valence-electron chi connectivity index (χ2n) is 4.70. The summed E-state index contributed by atoms with van der Waals surface area (Å²) in [5.74, 6) is 0. The van der Waals surface area contributed by atoms with Crippen molar-refractivity contribution in [3.8, 4) is 0 Å². The van der Waals surface area contributed by atoms with Crippen LogP contribution in [0.4, 0.5) is 5.69 Å². The molecule has 0 spiro atoms. The number of benzene rings is 1. The van der Waals surface area contributed by atoms with Crippen LogP contribution in [0.15, 0.2) is 24.3 Å². The van der Waals surface area contributed by atoms with Crippen molar-refractivity contribution in [2.45, 2.75) is 12.1 Å². The van der Waals surface area contributed by atoms with Crippen LogP contribution >= 0.6 is 0 Å². The molecule has 0 radical (unpaired) electrons. The average molecular weight is 233 g/mol. The first-order valence-corrected chi connectivity index (χ1v) is 5.84. The van der Waals surface area contributed by atoms with Crippen molar-refractivity contribution in [3.05, 3.63) is 29.8 Å². The standard InChI is InChI=1S/C13H19N3O/c1-15-7-8-16(2)13(12(15)9-17)10-3-5-11(14)6-4-10/h3-6,9,12-13H,7-8,14H2,1-2H3. The number of anilines is 1. The Morgan fingerprint density at radius 1 is 1.18 bits per heavy atom. The van der Waals surface area contributed by atoms with Gasteiger partial charge in [0.1, 0.15) is 6.29 Å². The summed E-state index contributed by atoms with van der Waals surface area (Å²) >= 11 is 0. The van der Waals surface area contributed by atoms with E-state index in [1.54, 1.807) is 0 Å². The number of nitrogen functional groups attached to an aromatic ring is 1. The van der Waals surface area contributed by atoms with Gasteiger partial charge in [-0.25, -0.2) is 0 Å². The minimum absolute atomic E-state index is 0.0858. The maximum absolute atomic E-state index is 11.3. The molecule has 92 valence electrons. The van der Waals surface area contributed by atoms with Gasteiger partial charge in [0.25, 0.3) is 0 Å². The van der Waals surface area contributed by atoms with Gasteiger partial charge in [-0.15, -0.1) is 0 Å². The number of carbonyl (C=O) groups excluding carboxylic acids is 1. The lowest BCUT2D eigenvalue weighted by Gasteiger charge is -2.42. The Balaban J connectivity index is 2.32. The van der Waals surface area contributed by atoms with Gasteiger partial charge in [-0.2, -0.15) is 0 Å². The van der Waals surface area contributed by atoms with Crippen LogP contribution in [0, 0.1) is 0 Å². The molecule has 1 saturated heterocycles. The minimum atomic E-state index is -0.0858. The first-order chi connectivity index (χ1) is 8.13. The number of nitrogens with two attached hydrogens (primary N) is 1. The van der Waals surface area contributed by atoms with E-state index in [-0.39, 0.29) is 12.1 Å². The van der Waals surface area contributed by atoms with E-state index in [2.05, 4.69) is 16.8 Å². The van der Waals surface area contributed by atoms with E-state index >= 15 is 0 Å². The Kier molecular flexibility index (Phi) is 3.45. The van der Waals surface area contributed by atoms with E-state index in [0.29, 0.717) is 0 Å². The predicted molar refractivity (Wildman–Crippen MR) is 68.7 cm³/mol. The predicted octanol–water partition coefficient (Wildman–Crippen LogP) is 0.755. The Hall–Kier alpha value is -1.39. The molecule has 1 aliphatic rings. The van der Waals surface area contributed by atoms with E-state index in [0.717, 1.165) is 30.6 Å². The van der Waals surface area contributed by atoms with Crippen molar-refractivity contribution in [2.24, 2.45) is 0 Å². The zero-order valence-corrected chi connectivity index (χ0v) is 10.3. The van der Waals surface area contributed by atoms with Crippen molar-refractivity contribution in [1.82, 2.24) is 9.80 Å². The normalized spacial score (nSPS) is 26.9. The van der Waals surface area contributed by atoms with Crippen LogP contribution in [0.25, 0.3) is 0 Å². The van der Waals surface area contributed by atoms with Gasteiger partial charge >= 0.3 is 0 Å². The molecule has 0 amide bonds. The highest BCUT2D eigenvalue weighted by Gasteiger charge is 2.33. The Labute approximate surface area is 102 Å². The quantitative estimate of drug-likeness (QED) is 0.605. The van der Waals surface area contributed by atoms with E-state index < -0.39 is 0 Å². The highest BCUT2D eigenvalue weighted by atomic mass is 16.1. The molecule has 2 N–H and O–H groups in total. The zero-order valence-electron chi connectivity index (χ0n) is 10.3. The monoisotopic (exact) mass is 233 g/mol. The molecule has 0 aliphatic carbocycles. The summed E-state index contributed by atoms with van der Waals surface area (Å²) in [5, 5.41) is 0. The van der Waals surface area contributed by atoms with Crippen LogP contribution in [0.3, 0.4) is 0 Å². The summed E-state index contributed by atoms with van der Waals surface area (Å²) in [7, 11) is 4.06. The van der Waals surface area contributed by atoms with E-state index in [1.807, 2.05) is 31.3 Å². The van der Waals surface area contributed by atoms with Crippen LogP contribution in [-0.4, -0.2) is 49.3 Å². The maximum Gasteiger partial charge on any atom is 0.139 e. The van der Waals surface area contributed by atoms with Crippen LogP contribution in [0.2, 0.25) is 0 Å². The summed E-state index contributed by atoms with van der Waals surface area (Å²) < 4.78 is 0. The highest BCUT2D eigenvalue weighted by molar-refractivity contribution is 5.60. The van der Waals surface area contributed by atoms with Gasteiger partial charge in [0.15, 0.2) is 0 Å². The van der Waals surface area contributed by atoms with Crippen molar-refractivity contribution < 1.29 is 4.79 Å². The molecule has 2 rings (SSSR count). The average Bonchev–Trinajstić information content (AvgIpc) is 2.33. The Bertz CT molecular complexity index is 390. The van der Waals surface area contributed by atoms with E-state index in [4.69, 9.17) is 5.73 Å². The second kappa shape index (κ2) is 4.85. The molecule has 1 fully saturated rings. The topological polar surface area (TPSA) is 49.6 Å². The van der Waals surface area contributed by atoms with Crippen LogP contribution in [0.1, 0.15) is 11.6 Å². The minimum Gasteiger partial charge on any atom is -0.399 e. The maximum atomic E-state index is 11.3. The van der Waals surface area contributed by atoms with Crippen LogP contribution < -0.4 is 5.73 Å². The van der Waals surface area contributed by atoms with Gasteiger partial charge in [0, 0.05) is 18.8 Å². The number of nitrogens with zero attached hydrogens (tertiary/aromatic N) is 2. The summed E-state index contributed by atoms with van der Waals surface area (Å²) in [5.41, 5.74) is 7.59. The van der Waals surface area contributed by atoms with Gasteiger partial charge in [-0.3, -0.25) is 9.80 Å². The van der Waals surface area contributed by atoms with Gasteiger partial charge in [-0.1, -0.05) is 12.1 Å². The lowest BCUT2D eigenvalue weighted by atomic mass is 9.95. The molecule has 4 nitrogen and oxygen atoms in total. The molecule has 0 aromatic heterocycles. The van der Waals surface area contributed by atoms with Gasteiger partial charge in [0.05, 0.1) is 12.1 Å². The third kappa shape index (κ3) is 2.33. The summed E-state index contributed by atoms with van der Waals surface area (Å²) in [6.45, 7) is 1.89. The zero-order chi connectivity index (χ0) is 12.4. The first-order valence-electron chi connectivity index (χ1n) is 5.84. The number of aldehydes is 1. The number of rotatable bonds is 2. The largest absolute Gasteiger partial charge is 0.399 e. The molecular weight excluding hydrogens is 214 g/mol. The van der Waals surface area contributed by atoms with E-state index in [1.165, 1.54) is 0 Å². The van der Waals surface area contributed by atoms with Gasteiger partial charge < -0.3 is 10.5 Å². The molecule has 4 heteroatoms. The second-order valence-corrected chi connectivity index (χ2v) is 4.70. The molecule has 2 atom stereocenters. The summed E-state index contributed by atoms with van der Waals surface area (Å²) in [6, 6.07) is 7.82. The van der Waals surface area contributed by atoms with Crippen molar-refractivity contribution in [2.75, 3.05) is 32.9 Å². The Morgan fingerprint density at radius 3 is 2.35 bits per heavy atom. The molecule has 17 heavy (non-hydrogen) atoms. The number of likely N-dealkylation sites (N-methyl/N-ethyl adjacent to an activating group) is 2. The fourth-order valence-electron chi connectivity index (χ4n) is 2.43. The summed E-state index contributed by atoms with van der Waals surface area (Å²) in [4.78, 5) is 15.6. The van der Waals surface area contributed by atoms with Crippen LogP contribution in [0.5, 0.6) is 0 Å². The van der Waals surface area contributed by atoms with E-state index in [9.17, 15) is 4.79 Å². The van der Waals surface area contributed by atoms with Gasteiger partial charge in [-0.05, 0) is 31.8 Å². The number of carbonyl (C=O) groups is 1. The molecule has 0 bridgehead atoms. The molecule has 1 aliphatic heterocycles. The fraction of sp³-hybridized carbons (Fsp3) is 0.462. The number of hydrogen-bond acceptors (Lipinski definition) is 4. The lowest BCUT2D eigenvalue weighted by Crippen LogP contribution is -2.52. The molecule has 0 saturated carbocycles. The molecule has 1 heterocycles. The molecule has 2 unspecified atom stereocenters. The number of hydrogen-bond donors (Lipinski definition) is 1. The van der Waals surface area contributed by atoms with Crippen molar-refractivity contribution >= 4 is 12.0 Å². The summed E-state index contributed by atoms with van der Waals surface area (Å²) in [6.07, 6.45) is 1.04. The van der Waals surface area contributed by atoms with Crippen molar-refractivity contribution in [1.29, 1.82) is 0 Å². The SMILES string of the molecule is CN1CCN(C)C(c2ccc(N)cc2)C1C=O. The molecule has 1 aromatic carbocycles. The number of piperazine rings is 1. The van der Waals surface area contributed by atoms with Crippen molar-refractivity contribution in [3.63, 3.8) is 0 Å². The lowest BCUT2D eigenvalue weighted by molar-refractivity contribution is -0.116. The first kappa shape index (κ1) is 12.1. The van der Waals surface area contributed by atoms with Gasteiger partial charge in [0.2, 0.25) is 0 Å². The highest BCUT2D eigenvalue weighted by Crippen LogP contribution is 2.28. The molecular formula is C13H19N3O.